The zero-order chi connectivity index (χ0) is 15.0. The number of hydrogen-bond acceptors (Lipinski definition) is 3. The summed E-state index contributed by atoms with van der Waals surface area (Å²) in [6.07, 6.45) is 7.76. The fraction of sp³-hybridized carbons (Fsp3) is 0.562. The number of imidazole rings is 1. The Hall–Kier alpha value is -1.91. The molecule has 1 aliphatic heterocycles. The number of rotatable bonds is 2. The van der Waals surface area contributed by atoms with Crippen molar-refractivity contribution in [1.29, 1.82) is 0 Å². The molecule has 5 nitrogen and oxygen atoms in total. The van der Waals surface area contributed by atoms with Gasteiger partial charge in [0, 0.05) is 36.8 Å². The maximum Gasteiger partial charge on any atom is 0.225 e. The minimum atomic E-state index is 0.0626. The van der Waals surface area contributed by atoms with Crippen molar-refractivity contribution in [3.63, 3.8) is 0 Å². The van der Waals surface area contributed by atoms with Crippen LogP contribution in [0.4, 0.5) is 0 Å². The molecule has 21 heavy (non-hydrogen) atoms. The summed E-state index contributed by atoms with van der Waals surface area (Å²) in [6, 6.07) is 0. The van der Waals surface area contributed by atoms with E-state index in [0.717, 1.165) is 37.3 Å². The number of amides is 1. The molecule has 2 aromatic heterocycles. The average Bonchev–Trinajstić information content (AvgIpc) is 2.88. The minimum absolute atomic E-state index is 0.0626. The Morgan fingerprint density at radius 3 is 2.90 bits per heavy atom. The van der Waals surface area contributed by atoms with Gasteiger partial charge in [-0.25, -0.2) is 4.98 Å². The number of carbonyl (C=O) groups is 1. The molecule has 3 heterocycles. The molecule has 0 spiro atoms. The predicted octanol–water partition coefficient (Wildman–Crippen LogP) is 2.40. The van der Waals surface area contributed by atoms with Crippen LogP contribution in [-0.2, 0) is 4.79 Å². The van der Waals surface area contributed by atoms with Gasteiger partial charge in [-0.2, -0.15) is 0 Å². The molecule has 0 bridgehead atoms. The monoisotopic (exact) mass is 286 g/mol. The van der Waals surface area contributed by atoms with Gasteiger partial charge < -0.3 is 4.90 Å². The van der Waals surface area contributed by atoms with Crippen molar-refractivity contribution in [2.24, 2.45) is 5.92 Å². The number of nitrogens with zero attached hydrogens (tertiary/aromatic N) is 4. The quantitative estimate of drug-likeness (QED) is 0.852. The summed E-state index contributed by atoms with van der Waals surface area (Å²) in [4.78, 5) is 23.0. The molecule has 1 saturated heterocycles. The van der Waals surface area contributed by atoms with Crippen LogP contribution >= 0.6 is 0 Å². The first-order valence-corrected chi connectivity index (χ1v) is 7.64. The van der Waals surface area contributed by atoms with Crippen molar-refractivity contribution in [3.8, 4) is 0 Å². The second-order valence-corrected chi connectivity index (χ2v) is 6.18. The van der Waals surface area contributed by atoms with Crippen LogP contribution in [0.3, 0.4) is 0 Å². The van der Waals surface area contributed by atoms with Gasteiger partial charge in [0.25, 0.3) is 0 Å². The highest BCUT2D eigenvalue weighted by Gasteiger charge is 2.27. The van der Waals surface area contributed by atoms with Crippen LogP contribution in [0, 0.1) is 12.8 Å². The van der Waals surface area contributed by atoms with Crippen molar-refractivity contribution in [3.05, 3.63) is 30.1 Å². The van der Waals surface area contributed by atoms with E-state index in [1.165, 1.54) is 5.69 Å². The summed E-state index contributed by atoms with van der Waals surface area (Å²) in [5.41, 5.74) is 2.20. The number of piperidine rings is 1. The van der Waals surface area contributed by atoms with Gasteiger partial charge in [-0.05, 0) is 19.8 Å². The number of likely N-dealkylation sites (tertiary alicyclic amines) is 1. The fourth-order valence-electron chi connectivity index (χ4n) is 3.21. The molecule has 112 valence electrons. The fourth-order valence-corrected chi connectivity index (χ4v) is 3.21. The maximum atomic E-state index is 12.2. The zero-order valence-electron chi connectivity index (χ0n) is 12.9. The Morgan fingerprint density at radius 2 is 2.14 bits per heavy atom. The predicted molar refractivity (Wildman–Crippen MR) is 81.1 cm³/mol. The number of fused-ring (bicyclic) bond motifs is 1. The van der Waals surface area contributed by atoms with Crippen molar-refractivity contribution in [1.82, 2.24) is 19.3 Å². The third kappa shape index (κ3) is 2.52. The summed E-state index contributed by atoms with van der Waals surface area (Å²) in [6.45, 7) is 7.61. The Bertz CT molecular complexity index is 661. The molecule has 1 unspecified atom stereocenters. The van der Waals surface area contributed by atoms with Crippen molar-refractivity contribution in [2.45, 2.75) is 39.5 Å². The Morgan fingerprint density at radius 1 is 1.33 bits per heavy atom. The van der Waals surface area contributed by atoms with Gasteiger partial charge in [-0.3, -0.25) is 14.2 Å². The van der Waals surface area contributed by atoms with Crippen LogP contribution in [0.2, 0.25) is 0 Å². The zero-order valence-corrected chi connectivity index (χ0v) is 12.9. The van der Waals surface area contributed by atoms with Crippen LogP contribution in [0.25, 0.3) is 5.52 Å². The largest absolute Gasteiger partial charge is 0.342 e. The lowest BCUT2D eigenvalue weighted by Crippen LogP contribution is -2.41. The second kappa shape index (κ2) is 5.47. The van der Waals surface area contributed by atoms with Gasteiger partial charge in [-0.15, -0.1) is 0 Å². The highest BCUT2D eigenvalue weighted by atomic mass is 16.2. The lowest BCUT2D eigenvalue weighted by atomic mass is 9.94. The lowest BCUT2D eigenvalue weighted by Gasteiger charge is -2.34. The van der Waals surface area contributed by atoms with E-state index in [9.17, 15) is 4.79 Å². The molecule has 1 atom stereocenters. The molecule has 5 heteroatoms. The van der Waals surface area contributed by atoms with Crippen LogP contribution in [0.5, 0.6) is 0 Å². The Labute approximate surface area is 125 Å². The molecular weight excluding hydrogens is 264 g/mol. The Balaban J connectivity index is 1.92. The third-order valence-corrected chi connectivity index (χ3v) is 4.28. The van der Waals surface area contributed by atoms with Crippen molar-refractivity contribution >= 4 is 11.4 Å². The first kappa shape index (κ1) is 14.0. The SMILES string of the molecule is Cc1ncc2cncc(C3CCCN(C(=O)C(C)C)C3)n12. The van der Waals surface area contributed by atoms with E-state index in [1.54, 1.807) is 0 Å². The highest BCUT2D eigenvalue weighted by molar-refractivity contribution is 5.78. The van der Waals surface area contributed by atoms with Gasteiger partial charge >= 0.3 is 0 Å². The van der Waals surface area contributed by atoms with Crippen LogP contribution < -0.4 is 0 Å². The molecule has 0 radical (unpaired) electrons. The minimum Gasteiger partial charge on any atom is -0.342 e. The first-order valence-electron chi connectivity index (χ1n) is 7.64. The smallest absolute Gasteiger partial charge is 0.225 e. The number of aryl methyl sites for hydroxylation is 1. The molecule has 1 aliphatic rings. The molecule has 0 aromatic carbocycles. The normalized spacial score (nSPS) is 19.4. The summed E-state index contributed by atoms with van der Waals surface area (Å²) in [5.74, 6) is 1.63. The van der Waals surface area contributed by atoms with Crippen LogP contribution in [-0.4, -0.2) is 38.3 Å². The molecule has 1 amide bonds. The van der Waals surface area contributed by atoms with Crippen LogP contribution in [0.1, 0.15) is 44.1 Å². The van der Waals surface area contributed by atoms with Gasteiger partial charge in [0.2, 0.25) is 5.91 Å². The summed E-state index contributed by atoms with van der Waals surface area (Å²) in [5, 5.41) is 0. The van der Waals surface area contributed by atoms with E-state index in [4.69, 9.17) is 0 Å². The van der Waals surface area contributed by atoms with E-state index in [1.807, 2.05) is 44.3 Å². The van der Waals surface area contributed by atoms with E-state index in [2.05, 4.69) is 14.4 Å². The standard InChI is InChI=1S/C16H22N4O/c1-11(2)16(21)19-6-4-5-13(10-19)15-9-17-7-14-8-18-12(3)20(14)15/h7-9,11,13H,4-6,10H2,1-3H3. The third-order valence-electron chi connectivity index (χ3n) is 4.28. The van der Waals surface area contributed by atoms with E-state index in [-0.39, 0.29) is 11.8 Å². The molecule has 3 rings (SSSR count). The van der Waals surface area contributed by atoms with Crippen molar-refractivity contribution in [2.75, 3.05) is 13.1 Å². The average molecular weight is 286 g/mol. The van der Waals surface area contributed by atoms with E-state index in [0.29, 0.717) is 5.92 Å². The summed E-state index contributed by atoms with van der Waals surface area (Å²) < 4.78 is 2.17. The van der Waals surface area contributed by atoms with Crippen LogP contribution in [0.15, 0.2) is 18.6 Å². The van der Waals surface area contributed by atoms with Gasteiger partial charge in [0.1, 0.15) is 5.82 Å². The number of hydrogen-bond donors (Lipinski definition) is 0. The molecule has 0 aliphatic carbocycles. The molecule has 0 N–H and O–H groups in total. The maximum absolute atomic E-state index is 12.2. The topological polar surface area (TPSA) is 50.5 Å². The van der Waals surface area contributed by atoms with E-state index < -0.39 is 0 Å². The molecule has 1 fully saturated rings. The second-order valence-electron chi connectivity index (χ2n) is 6.18. The lowest BCUT2D eigenvalue weighted by molar-refractivity contribution is -0.135. The van der Waals surface area contributed by atoms with Gasteiger partial charge in [-0.1, -0.05) is 13.8 Å². The van der Waals surface area contributed by atoms with Gasteiger partial charge in [0.05, 0.1) is 17.9 Å². The van der Waals surface area contributed by atoms with E-state index >= 15 is 0 Å². The molecular formula is C16H22N4O. The first-order chi connectivity index (χ1) is 10.1. The summed E-state index contributed by atoms with van der Waals surface area (Å²) in [7, 11) is 0. The van der Waals surface area contributed by atoms with Crippen molar-refractivity contribution < 1.29 is 4.79 Å². The highest BCUT2D eigenvalue weighted by Crippen LogP contribution is 2.28. The number of carbonyl (C=O) groups excluding carboxylic acids is 1. The van der Waals surface area contributed by atoms with Gasteiger partial charge in [0.15, 0.2) is 0 Å². The molecule has 0 saturated carbocycles. The summed E-state index contributed by atoms with van der Waals surface area (Å²) >= 11 is 0. The Kier molecular flexibility index (Phi) is 3.66. The number of aromatic nitrogens is 3. The molecule has 2 aromatic rings.